The second kappa shape index (κ2) is 8.13. The summed E-state index contributed by atoms with van der Waals surface area (Å²) in [7, 11) is 0. The zero-order chi connectivity index (χ0) is 18.6. The van der Waals surface area contributed by atoms with Gasteiger partial charge in [0.1, 0.15) is 5.15 Å². The van der Waals surface area contributed by atoms with E-state index < -0.39 is 11.8 Å². The van der Waals surface area contributed by atoms with Crippen LogP contribution in [0.15, 0.2) is 29.4 Å². The lowest BCUT2D eigenvalue weighted by Crippen LogP contribution is -2.41. The van der Waals surface area contributed by atoms with Crippen molar-refractivity contribution in [2.24, 2.45) is 5.10 Å². The van der Waals surface area contributed by atoms with Crippen LogP contribution < -0.4 is 10.7 Å². The number of para-hydroxylation sites is 1. The van der Waals surface area contributed by atoms with Crippen LogP contribution in [-0.4, -0.2) is 33.9 Å². The van der Waals surface area contributed by atoms with Gasteiger partial charge < -0.3 is 5.32 Å². The van der Waals surface area contributed by atoms with Crippen LogP contribution in [0, 0.1) is 6.92 Å². The molecule has 0 unspecified atom stereocenters. The highest BCUT2D eigenvalue weighted by Crippen LogP contribution is 2.26. The number of hydrogen-bond donors (Lipinski definition) is 2. The lowest BCUT2D eigenvalue weighted by Gasteiger charge is -2.06. The Kier molecular flexibility index (Phi) is 6.17. The van der Waals surface area contributed by atoms with Crippen molar-refractivity contribution in [3.63, 3.8) is 0 Å². The van der Waals surface area contributed by atoms with Gasteiger partial charge in [-0.3, -0.25) is 9.59 Å². The Morgan fingerprint density at radius 3 is 2.56 bits per heavy atom. The van der Waals surface area contributed by atoms with Gasteiger partial charge in [-0.25, -0.2) is 10.1 Å². The van der Waals surface area contributed by atoms with E-state index in [1.807, 2.05) is 6.07 Å². The van der Waals surface area contributed by atoms with E-state index in [1.165, 1.54) is 10.9 Å². The van der Waals surface area contributed by atoms with Gasteiger partial charge in [-0.2, -0.15) is 10.2 Å². The summed E-state index contributed by atoms with van der Waals surface area (Å²) in [5.74, 6) is -1.63. The molecular formula is C16H17Cl2N5O2. The SMILES string of the molecule is Cc1nn(-c2ccccc2Cl)c(Cl)c1/C=N\NC(=O)C(=O)NC(C)C. The quantitative estimate of drug-likeness (QED) is 0.484. The maximum Gasteiger partial charge on any atom is 0.329 e. The predicted molar refractivity (Wildman–Crippen MR) is 97.3 cm³/mol. The zero-order valence-corrected chi connectivity index (χ0v) is 15.4. The van der Waals surface area contributed by atoms with Crippen molar-refractivity contribution in [1.29, 1.82) is 0 Å². The standard InChI is InChI=1S/C16H17Cl2N5O2/c1-9(2)20-15(24)16(25)21-19-8-11-10(3)22-23(14(11)18)13-7-5-4-6-12(13)17/h4-9H,1-3H3,(H,20,24)(H,21,25)/b19-8-. The minimum Gasteiger partial charge on any atom is -0.346 e. The van der Waals surface area contributed by atoms with Crippen molar-refractivity contribution in [1.82, 2.24) is 20.5 Å². The van der Waals surface area contributed by atoms with Gasteiger partial charge in [-0.15, -0.1) is 0 Å². The Labute approximate surface area is 155 Å². The largest absolute Gasteiger partial charge is 0.346 e. The molecule has 9 heteroatoms. The van der Waals surface area contributed by atoms with Crippen molar-refractivity contribution < 1.29 is 9.59 Å². The first-order valence-corrected chi connectivity index (χ1v) is 8.20. The first-order chi connectivity index (χ1) is 11.8. The highest BCUT2D eigenvalue weighted by Gasteiger charge is 2.16. The Hall–Kier alpha value is -2.38. The molecule has 0 aliphatic rings. The maximum atomic E-state index is 11.6. The van der Waals surface area contributed by atoms with E-state index in [0.29, 0.717) is 22.0 Å². The number of aryl methyl sites for hydroxylation is 1. The van der Waals surface area contributed by atoms with Crippen molar-refractivity contribution in [2.75, 3.05) is 0 Å². The molecule has 1 aromatic heterocycles. The minimum absolute atomic E-state index is 0.146. The summed E-state index contributed by atoms with van der Waals surface area (Å²) in [6.07, 6.45) is 1.33. The molecule has 1 heterocycles. The van der Waals surface area contributed by atoms with Crippen LogP contribution in [0.25, 0.3) is 5.69 Å². The number of carbonyl (C=O) groups is 2. The number of halogens is 2. The number of aromatic nitrogens is 2. The average Bonchev–Trinajstić information content (AvgIpc) is 2.82. The third-order valence-corrected chi connectivity index (χ3v) is 3.80. The van der Waals surface area contributed by atoms with Crippen LogP contribution in [-0.2, 0) is 9.59 Å². The average molecular weight is 382 g/mol. The molecule has 0 bridgehead atoms. The molecule has 132 valence electrons. The summed E-state index contributed by atoms with van der Waals surface area (Å²) in [5, 5.41) is 11.3. The van der Waals surface area contributed by atoms with E-state index in [9.17, 15) is 9.59 Å². The van der Waals surface area contributed by atoms with Crippen molar-refractivity contribution >= 4 is 41.2 Å². The molecule has 0 spiro atoms. The van der Waals surface area contributed by atoms with Gasteiger partial charge in [0.05, 0.1) is 28.2 Å². The number of amides is 2. The number of carbonyl (C=O) groups excluding carboxylic acids is 2. The van der Waals surface area contributed by atoms with Crippen LogP contribution in [0.4, 0.5) is 0 Å². The number of benzene rings is 1. The summed E-state index contributed by atoms with van der Waals surface area (Å²) in [4.78, 5) is 23.1. The number of nitrogens with one attached hydrogen (secondary N) is 2. The van der Waals surface area contributed by atoms with Gasteiger partial charge in [0.2, 0.25) is 0 Å². The Morgan fingerprint density at radius 2 is 1.92 bits per heavy atom. The normalized spacial score (nSPS) is 11.1. The first-order valence-electron chi connectivity index (χ1n) is 7.45. The molecule has 2 N–H and O–H groups in total. The van der Waals surface area contributed by atoms with E-state index in [0.717, 1.165) is 0 Å². The highest BCUT2D eigenvalue weighted by atomic mass is 35.5. The van der Waals surface area contributed by atoms with E-state index in [-0.39, 0.29) is 11.2 Å². The summed E-state index contributed by atoms with van der Waals surface area (Å²) >= 11 is 12.5. The van der Waals surface area contributed by atoms with E-state index in [2.05, 4.69) is 20.9 Å². The Bertz CT molecular complexity index is 830. The monoisotopic (exact) mass is 381 g/mol. The topological polar surface area (TPSA) is 88.4 Å². The van der Waals surface area contributed by atoms with Crippen LogP contribution in [0.2, 0.25) is 10.2 Å². The van der Waals surface area contributed by atoms with E-state index in [4.69, 9.17) is 23.2 Å². The molecule has 0 radical (unpaired) electrons. The predicted octanol–water partition coefficient (Wildman–Crippen LogP) is 2.46. The molecule has 2 amide bonds. The van der Waals surface area contributed by atoms with E-state index in [1.54, 1.807) is 39.0 Å². The maximum absolute atomic E-state index is 11.6. The third-order valence-electron chi connectivity index (χ3n) is 3.11. The molecule has 25 heavy (non-hydrogen) atoms. The summed E-state index contributed by atoms with van der Waals surface area (Å²) in [5.41, 5.74) is 3.87. The third kappa shape index (κ3) is 4.58. The highest BCUT2D eigenvalue weighted by molar-refractivity contribution is 6.35. The molecule has 0 aliphatic carbocycles. The van der Waals surface area contributed by atoms with E-state index >= 15 is 0 Å². The number of hydrogen-bond acceptors (Lipinski definition) is 4. The fourth-order valence-corrected chi connectivity index (χ4v) is 2.51. The summed E-state index contributed by atoms with van der Waals surface area (Å²) < 4.78 is 1.48. The first kappa shape index (κ1) is 19.0. The lowest BCUT2D eigenvalue weighted by atomic mass is 10.3. The van der Waals surface area contributed by atoms with Crippen LogP contribution >= 0.6 is 23.2 Å². The van der Waals surface area contributed by atoms with Gasteiger partial charge in [0.15, 0.2) is 0 Å². The lowest BCUT2D eigenvalue weighted by molar-refractivity contribution is -0.139. The number of rotatable bonds is 4. The van der Waals surface area contributed by atoms with Crippen molar-refractivity contribution in [3.8, 4) is 5.69 Å². The second-order valence-electron chi connectivity index (χ2n) is 5.48. The second-order valence-corrected chi connectivity index (χ2v) is 6.25. The molecule has 0 aliphatic heterocycles. The molecule has 0 fully saturated rings. The molecule has 0 saturated heterocycles. The molecule has 0 saturated carbocycles. The van der Waals surface area contributed by atoms with Gasteiger partial charge in [-0.1, -0.05) is 35.3 Å². The molecule has 0 atom stereocenters. The minimum atomic E-state index is -0.864. The number of nitrogens with zero attached hydrogens (tertiary/aromatic N) is 3. The van der Waals surface area contributed by atoms with Gasteiger partial charge in [0, 0.05) is 6.04 Å². The molecule has 2 aromatic rings. The Morgan fingerprint density at radius 1 is 1.24 bits per heavy atom. The van der Waals surface area contributed by atoms with Gasteiger partial charge >= 0.3 is 11.8 Å². The van der Waals surface area contributed by atoms with Crippen molar-refractivity contribution in [3.05, 3.63) is 45.7 Å². The van der Waals surface area contributed by atoms with Crippen LogP contribution in [0.1, 0.15) is 25.1 Å². The van der Waals surface area contributed by atoms with Crippen LogP contribution in [0.5, 0.6) is 0 Å². The van der Waals surface area contributed by atoms with Gasteiger partial charge in [0.25, 0.3) is 0 Å². The molecular weight excluding hydrogens is 365 g/mol. The fraction of sp³-hybridized carbons (Fsp3) is 0.250. The summed E-state index contributed by atoms with van der Waals surface area (Å²) in [6.45, 7) is 5.25. The smallest absolute Gasteiger partial charge is 0.329 e. The fourth-order valence-electron chi connectivity index (χ4n) is 1.97. The van der Waals surface area contributed by atoms with Crippen molar-refractivity contribution in [2.45, 2.75) is 26.8 Å². The zero-order valence-electron chi connectivity index (χ0n) is 13.9. The Balaban J connectivity index is 2.17. The molecule has 2 rings (SSSR count). The van der Waals surface area contributed by atoms with Gasteiger partial charge in [-0.05, 0) is 32.9 Å². The molecule has 7 nitrogen and oxygen atoms in total. The molecule has 1 aromatic carbocycles. The van der Waals surface area contributed by atoms with Crippen LogP contribution in [0.3, 0.4) is 0 Å². The summed E-state index contributed by atoms with van der Waals surface area (Å²) in [6, 6.07) is 6.98. The number of hydrazone groups is 1.